The summed E-state index contributed by atoms with van der Waals surface area (Å²) >= 11 is 1.33. The van der Waals surface area contributed by atoms with Crippen molar-refractivity contribution < 1.29 is 4.79 Å². The third-order valence-corrected chi connectivity index (χ3v) is 4.00. The summed E-state index contributed by atoms with van der Waals surface area (Å²) in [7, 11) is 0. The van der Waals surface area contributed by atoms with Crippen molar-refractivity contribution in [2.45, 2.75) is 17.6 Å². The first-order chi connectivity index (χ1) is 10.3. The maximum Gasteiger partial charge on any atom is 0.253 e. The maximum absolute atomic E-state index is 12.3. The molecule has 2 heterocycles. The Balaban J connectivity index is 1.65. The molecule has 1 atom stereocenters. The Kier molecular flexibility index (Phi) is 4.25. The average molecular weight is 298 g/mol. The predicted molar refractivity (Wildman–Crippen MR) is 81.9 cm³/mol. The lowest BCUT2D eigenvalue weighted by atomic mass is 10.0. The van der Waals surface area contributed by atoms with Crippen molar-refractivity contribution in [3.05, 3.63) is 54.4 Å². The Hall–Kier alpha value is -2.21. The van der Waals surface area contributed by atoms with E-state index in [4.69, 9.17) is 0 Å². The van der Waals surface area contributed by atoms with Crippen LogP contribution in [0.1, 0.15) is 18.0 Å². The lowest BCUT2D eigenvalue weighted by molar-refractivity contribution is -0.130. The van der Waals surface area contributed by atoms with Gasteiger partial charge in [-0.2, -0.15) is 5.10 Å². The maximum atomic E-state index is 12.3. The molecule has 0 radical (unpaired) electrons. The lowest BCUT2D eigenvalue weighted by Gasteiger charge is -2.21. The molecule has 106 valence electrons. The van der Waals surface area contributed by atoms with Crippen LogP contribution in [0.25, 0.3) is 0 Å². The molecule has 0 saturated carbocycles. The SMILES string of the molecule is O=C(CSc1ncccn1)N1N=CC[C@H]1c1ccccc1. The van der Waals surface area contributed by atoms with Gasteiger partial charge < -0.3 is 0 Å². The summed E-state index contributed by atoms with van der Waals surface area (Å²) in [5.74, 6) is 0.250. The zero-order valence-corrected chi connectivity index (χ0v) is 12.1. The van der Waals surface area contributed by atoms with Crippen LogP contribution >= 0.6 is 11.8 Å². The van der Waals surface area contributed by atoms with Crippen LogP contribution in [0.2, 0.25) is 0 Å². The minimum absolute atomic E-state index is 0.00371. The van der Waals surface area contributed by atoms with Crippen molar-refractivity contribution in [3.8, 4) is 0 Å². The molecule has 1 aliphatic heterocycles. The van der Waals surface area contributed by atoms with E-state index in [1.807, 2.05) is 30.3 Å². The summed E-state index contributed by atoms with van der Waals surface area (Å²) in [5, 5.41) is 6.37. The molecule has 0 unspecified atom stereocenters. The lowest BCUT2D eigenvalue weighted by Crippen LogP contribution is -2.28. The molecule has 0 fully saturated rings. The number of hydrogen-bond donors (Lipinski definition) is 0. The number of thioether (sulfide) groups is 1. The van der Waals surface area contributed by atoms with Crippen LogP contribution in [-0.2, 0) is 4.79 Å². The fourth-order valence-electron chi connectivity index (χ4n) is 2.16. The second kappa shape index (κ2) is 6.49. The highest BCUT2D eigenvalue weighted by Gasteiger charge is 2.27. The van der Waals surface area contributed by atoms with E-state index in [-0.39, 0.29) is 17.7 Å². The topological polar surface area (TPSA) is 58.5 Å². The van der Waals surface area contributed by atoms with Gasteiger partial charge in [-0.1, -0.05) is 42.1 Å². The quantitative estimate of drug-likeness (QED) is 0.643. The highest BCUT2D eigenvalue weighted by molar-refractivity contribution is 7.99. The highest BCUT2D eigenvalue weighted by Crippen LogP contribution is 2.28. The van der Waals surface area contributed by atoms with Gasteiger partial charge >= 0.3 is 0 Å². The van der Waals surface area contributed by atoms with Crippen LogP contribution in [0.5, 0.6) is 0 Å². The number of aromatic nitrogens is 2. The number of hydrazone groups is 1. The van der Waals surface area contributed by atoms with Gasteiger partial charge in [0, 0.05) is 25.0 Å². The number of rotatable bonds is 4. The second-order valence-electron chi connectivity index (χ2n) is 4.52. The Morgan fingerprint density at radius 2 is 1.95 bits per heavy atom. The third kappa shape index (κ3) is 3.28. The van der Waals surface area contributed by atoms with Crippen molar-refractivity contribution in [2.75, 3.05) is 5.75 Å². The van der Waals surface area contributed by atoms with Gasteiger partial charge in [0.25, 0.3) is 5.91 Å². The van der Waals surface area contributed by atoms with Crippen molar-refractivity contribution >= 4 is 23.9 Å². The molecule has 0 spiro atoms. The fourth-order valence-corrected chi connectivity index (χ4v) is 2.81. The van der Waals surface area contributed by atoms with Crippen LogP contribution in [0.3, 0.4) is 0 Å². The van der Waals surface area contributed by atoms with Crippen LogP contribution in [0.4, 0.5) is 0 Å². The van der Waals surface area contributed by atoms with Crippen LogP contribution in [0, 0.1) is 0 Å². The van der Waals surface area contributed by atoms with Gasteiger partial charge in [-0.15, -0.1) is 0 Å². The summed E-state index contributed by atoms with van der Waals surface area (Å²) < 4.78 is 0. The molecule has 6 heteroatoms. The smallest absolute Gasteiger partial charge is 0.253 e. The molecule has 1 amide bonds. The van der Waals surface area contributed by atoms with E-state index in [2.05, 4.69) is 15.1 Å². The van der Waals surface area contributed by atoms with Crippen LogP contribution in [0.15, 0.2) is 59.0 Å². The summed E-state index contributed by atoms with van der Waals surface area (Å²) in [5.41, 5.74) is 1.10. The zero-order chi connectivity index (χ0) is 14.5. The summed E-state index contributed by atoms with van der Waals surface area (Å²) in [6.07, 6.45) is 5.88. The molecule has 0 saturated heterocycles. The van der Waals surface area contributed by atoms with Crippen LogP contribution < -0.4 is 0 Å². The van der Waals surface area contributed by atoms with Crippen molar-refractivity contribution in [2.24, 2.45) is 5.10 Å². The molecule has 0 bridgehead atoms. The van der Waals surface area contributed by atoms with Gasteiger partial charge in [-0.25, -0.2) is 15.0 Å². The van der Waals surface area contributed by atoms with E-state index in [1.54, 1.807) is 29.7 Å². The van der Waals surface area contributed by atoms with Gasteiger partial charge in [-0.05, 0) is 11.6 Å². The van der Waals surface area contributed by atoms with Gasteiger partial charge in [-0.3, -0.25) is 4.79 Å². The monoisotopic (exact) mass is 298 g/mol. The third-order valence-electron chi connectivity index (χ3n) is 3.14. The van der Waals surface area contributed by atoms with Gasteiger partial charge in [0.2, 0.25) is 0 Å². The number of nitrogens with zero attached hydrogens (tertiary/aromatic N) is 4. The molecule has 3 rings (SSSR count). The first kappa shape index (κ1) is 13.8. The standard InChI is InChI=1S/C15H14N4OS/c20-14(11-21-15-16-8-4-9-17-15)19-13(7-10-18-19)12-5-2-1-3-6-12/h1-6,8-10,13H,7,11H2/t13-/m0/s1. The molecule has 0 N–H and O–H groups in total. The number of carbonyl (C=O) groups excluding carboxylic acids is 1. The first-order valence-corrected chi connectivity index (χ1v) is 7.62. The van der Waals surface area contributed by atoms with E-state index >= 15 is 0 Å². The normalized spacial score (nSPS) is 17.1. The highest BCUT2D eigenvalue weighted by atomic mass is 32.2. The van der Waals surface area contributed by atoms with E-state index in [9.17, 15) is 4.79 Å². The van der Waals surface area contributed by atoms with Gasteiger partial charge in [0.15, 0.2) is 5.16 Å². The van der Waals surface area contributed by atoms with E-state index in [1.165, 1.54) is 11.8 Å². The molecular weight excluding hydrogens is 284 g/mol. The minimum Gasteiger partial charge on any atom is -0.272 e. The summed E-state index contributed by atoms with van der Waals surface area (Å²) in [4.78, 5) is 20.5. The summed E-state index contributed by atoms with van der Waals surface area (Å²) in [6, 6.07) is 11.7. The molecule has 5 nitrogen and oxygen atoms in total. The van der Waals surface area contributed by atoms with Crippen molar-refractivity contribution in [1.29, 1.82) is 0 Å². The molecule has 1 aliphatic rings. The molecule has 0 aliphatic carbocycles. The Morgan fingerprint density at radius 3 is 2.71 bits per heavy atom. The fraction of sp³-hybridized carbons (Fsp3) is 0.200. The Labute approximate surface area is 127 Å². The molecule has 21 heavy (non-hydrogen) atoms. The largest absolute Gasteiger partial charge is 0.272 e. The molecular formula is C15H14N4OS. The number of hydrogen-bond acceptors (Lipinski definition) is 5. The zero-order valence-electron chi connectivity index (χ0n) is 11.3. The average Bonchev–Trinajstić information content (AvgIpc) is 3.04. The van der Waals surface area contributed by atoms with E-state index < -0.39 is 0 Å². The van der Waals surface area contributed by atoms with Crippen molar-refractivity contribution in [1.82, 2.24) is 15.0 Å². The number of benzene rings is 1. The van der Waals surface area contributed by atoms with Crippen molar-refractivity contribution in [3.63, 3.8) is 0 Å². The minimum atomic E-state index is -0.0324. The second-order valence-corrected chi connectivity index (χ2v) is 5.46. The predicted octanol–water partition coefficient (Wildman–Crippen LogP) is 2.53. The number of carbonyl (C=O) groups is 1. The van der Waals surface area contributed by atoms with E-state index in [0.29, 0.717) is 5.16 Å². The molecule has 1 aromatic heterocycles. The molecule has 2 aromatic rings. The molecule has 1 aromatic carbocycles. The van der Waals surface area contributed by atoms with Crippen LogP contribution in [-0.4, -0.2) is 32.9 Å². The number of amides is 1. The Morgan fingerprint density at radius 1 is 1.19 bits per heavy atom. The first-order valence-electron chi connectivity index (χ1n) is 6.64. The van der Waals surface area contributed by atoms with E-state index in [0.717, 1.165) is 12.0 Å². The Bertz CT molecular complexity index is 633. The summed E-state index contributed by atoms with van der Waals surface area (Å²) in [6.45, 7) is 0. The van der Waals surface area contributed by atoms with Gasteiger partial charge in [0.05, 0.1) is 11.8 Å². The van der Waals surface area contributed by atoms with Gasteiger partial charge in [0.1, 0.15) is 0 Å².